The fourth-order valence-electron chi connectivity index (χ4n) is 4.39. The third-order valence-electron chi connectivity index (χ3n) is 5.83. The molecule has 2 aliphatic heterocycles. The lowest BCUT2D eigenvalue weighted by atomic mass is 9.67. The summed E-state index contributed by atoms with van der Waals surface area (Å²) >= 11 is 0. The molecule has 0 spiro atoms. The quantitative estimate of drug-likeness (QED) is 0.882. The zero-order valence-electron chi connectivity index (χ0n) is 14.1. The van der Waals surface area contributed by atoms with Crippen LogP contribution < -0.4 is 15.5 Å². The fraction of sp³-hybridized carbons (Fsp3) is 0.667. The molecule has 6 heteroatoms. The number of hydrogen-bond donors (Lipinski definition) is 2. The topological polar surface area (TPSA) is 66.5 Å². The van der Waals surface area contributed by atoms with Gasteiger partial charge in [-0.15, -0.1) is 0 Å². The number of rotatable bonds is 3. The molecule has 2 saturated heterocycles. The van der Waals surface area contributed by atoms with Gasteiger partial charge in [0.25, 0.3) is 0 Å². The first-order valence-corrected chi connectivity index (χ1v) is 9.09. The molecule has 2 N–H and O–H groups in total. The van der Waals surface area contributed by atoms with Crippen LogP contribution in [0.2, 0.25) is 0 Å². The van der Waals surface area contributed by atoms with E-state index in [0.29, 0.717) is 5.92 Å². The van der Waals surface area contributed by atoms with Gasteiger partial charge in [0, 0.05) is 19.6 Å². The Morgan fingerprint density at radius 2 is 2.21 bits per heavy atom. The maximum Gasteiger partial charge on any atom is 0.232 e. The van der Waals surface area contributed by atoms with Gasteiger partial charge in [0.15, 0.2) is 0 Å². The van der Waals surface area contributed by atoms with Gasteiger partial charge in [0.1, 0.15) is 5.82 Å². The molecule has 24 heavy (non-hydrogen) atoms. The molecule has 1 amide bonds. The van der Waals surface area contributed by atoms with Gasteiger partial charge < -0.3 is 20.3 Å². The van der Waals surface area contributed by atoms with Crippen LogP contribution in [0.5, 0.6) is 0 Å². The Morgan fingerprint density at radius 1 is 1.33 bits per heavy atom. The fourth-order valence-corrected chi connectivity index (χ4v) is 4.39. The highest BCUT2D eigenvalue weighted by Gasteiger charge is 2.49. The first-order chi connectivity index (χ1) is 11.8. The molecule has 0 bridgehead atoms. The molecule has 3 fully saturated rings. The van der Waals surface area contributed by atoms with Crippen LogP contribution in [0, 0.1) is 11.3 Å². The maximum absolute atomic E-state index is 13.0. The Kier molecular flexibility index (Phi) is 4.41. The molecule has 1 saturated carbocycles. The molecule has 0 aromatic carbocycles. The van der Waals surface area contributed by atoms with Crippen molar-refractivity contribution in [3.05, 3.63) is 18.3 Å². The Bertz CT molecular complexity index is 585. The van der Waals surface area contributed by atoms with E-state index in [2.05, 4.69) is 20.5 Å². The normalized spacial score (nSPS) is 30.0. The van der Waals surface area contributed by atoms with Crippen LogP contribution >= 0.6 is 0 Å². The number of aromatic nitrogens is 1. The summed E-state index contributed by atoms with van der Waals surface area (Å²) in [5.41, 5.74) is 0.573. The molecular formula is C18H26N4O2. The Hall–Kier alpha value is -1.66. The van der Waals surface area contributed by atoms with Crippen LogP contribution in [-0.2, 0) is 9.53 Å². The van der Waals surface area contributed by atoms with Crippen molar-refractivity contribution < 1.29 is 9.53 Å². The summed E-state index contributed by atoms with van der Waals surface area (Å²) in [5, 5.41) is 6.55. The van der Waals surface area contributed by atoms with Crippen molar-refractivity contribution in [2.45, 2.75) is 25.7 Å². The summed E-state index contributed by atoms with van der Waals surface area (Å²) in [6.45, 7) is 5.02. The first-order valence-electron chi connectivity index (χ1n) is 9.09. The minimum Gasteiger partial charge on any atom is -0.378 e. The molecule has 1 aliphatic carbocycles. The summed E-state index contributed by atoms with van der Waals surface area (Å²) in [6.07, 6.45) is 6.33. The van der Waals surface area contributed by atoms with Crippen molar-refractivity contribution in [3.63, 3.8) is 0 Å². The van der Waals surface area contributed by atoms with Gasteiger partial charge in [-0.3, -0.25) is 4.79 Å². The average Bonchev–Trinajstić information content (AvgIpc) is 3.08. The van der Waals surface area contributed by atoms with E-state index in [1.807, 2.05) is 12.1 Å². The third kappa shape index (κ3) is 2.89. The second-order valence-electron chi connectivity index (χ2n) is 7.19. The summed E-state index contributed by atoms with van der Waals surface area (Å²) in [5.74, 6) is 1.59. The zero-order valence-corrected chi connectivity index (χ0v) is 14.1. The molecule has 130 valence electrons. The molecule has 0 unspecified atom stereocenters. The highest BCUT2D eigenvalue weighted by molar-refractivity contribution is 5.96. The first kappa shape index (κ1) is 15.8. The van der Waals surface area contributed by atoms with E-state index < -0.39 is 0 Å². The van der Waals surface area contributed by atoms with Crippen molar-refractivity contribution >= 4 is 17.4 Å². The number of morpholine rings is 1. The number of pyridine rings is 1. The van der Waals surface area contributed by atoms with E-state index in [9.17, 15) is 4.79 Å². The van der Waals surface area contributed by atoms with Crippen molar-refractivity contribution in [3.8, 4) is 0 Å². The minimum atomic E-state index is -0.221. The van der Waals surface area contributed by atoms with Gasteiger partial charge in [-0.2, -0.15) is 0 Å². The molecule has 3 aliphatic rings. The molecule has 4 rings (SSSR count). The van der Waals surface area contributed by atoms with Crippen molar-refractivity contribution in [1.29, 1.82) is 0 Å². The minimum absolute atomic E-state index is 0.165. The third-order valence-corrected chi connectivity index (χ3v) is 5.83. The number of carbonyl (C=O) groups excluding carboxylic acids is 1. The number of carbonyl (C=O) groups is 1. The number of amides is 1. The molecule has 1 aromatic heterocycles. The van der Waals surface area contributed by atoms with Crippen molar-refractivity contribution in [2.24, 2.45) is 11.3 Å². The van der Waals surface area contributed by atoms with Gasteiger partial charge in [-0.1, -0.05) is 12.8 Å². The molecule has 6 nitrogen and oxygen atoms in total. The highest BCUT2D eigenvalue weighted by atomic mass is 16.5. The molecular weight excluding hydrogens is 304 g/mol. The number of anilines is 2. The van der Waals surface area contributed by atoms with E-state index in [0.717, 1.165) is 70.2 Å². The predicted molar refractivity (Wildman–Crippen MR) is 93.2 cm³/mol. The predicted octanol–water partition coefficient (Wildman–Crippen LogP) is 1.64. The van der Waals surface area contributed by atoms with Crippen LogP contribution in [0.4, 0.5) is 11.5 Å². The lowest BCUT2D eigenvalue weighted by Gasteiger charge is -2.37. The Morgan fingerprint density at radius 3 is 3.00 bits per heavy atom. The second kappa shape index (κ2) is 6.69. The van der Waals surface area contributed by atoms with Crippen molar-refractivity contribution in [1.82, 2.24) is 10.3 Å². The van der Waals surface area contributed by atoms with E-state index in [4.69, 9.17) is 4.74 Å². The molecule has 0 radical (unpaired) electrons. The monoisotopic (exact) mass is 330 g/mol. The van der Waals surface area contributed by atoms with Crippen LogP contribution in [-0.4, -0.2) is 50.3 Å². The summed E-state index contributed by atoms with van der Waals surface area (Å²) < 4.78 is 5.37. The molecule has 2 atom stereocenters. The SMILES string of the molecule is O=C(Nc1ccc(N2CCOCC2)nc1)[C@@]12CCCC[C@H]1CNC2. The molecule has 3 heterocycles. The highest BCUT2D eigenvalue weighted by Crippen LogP contribution is 2.44. The van der Waals surface area contributed by atoms with Gasteiger partial charge >= 0.3 is 0 Å². The number of hydrogen-bond acceptors (Lipinski definition) is 5. The smallest absolute Gasteiger partial charge is 0.232 e. The van der Waals surface area contributed by atoms with Gasteiger partial charge in [-0.05, 0) is 37.4 Å². The Labute approximate surface area is 143 Å². The van der Waals surface area contributed by atoms with Crippen LogP contribution in [0.3, 0.4) is 0 Å². The van der Waals surface area contributed by atoms with E-state index in [1.165, 1.54) is 6.42 Å². The average molecular weight is 330 g/mol. The number of ether oxygens (including phenoxy) is 1. The lowest BCUT2D eigenvalue weighted by molar-refractivity contribution is -0.128. The van der Waals surface area contributed by atoms with Gasteiger partial charge in [0.2, 0.25) is 5.91 Å². The zero-order chi connectivity index (χ0) is 16.4. The Balaban J connectivity index is 1.44. The van der Waals surface area contributed by atoms with Crippen LogP contribution in [0.25, 0.3) is 0 Å². The lowest BCUT2D eigenvalue weighted by Crippen LogP contribution is -2.44. The molecule has 1 aromatic rings. The number of fused-ring (bicyclic) bond motifs is 1. The summed E-state index contributed by atoms with van der Waals surface area (Å²) in [7, 11) is 0. The van der Waals surface area contributed by atoms with Gasteiger partial charge in [0.05, 0.1) is 30.5 Å². The van der Waals surface area contributed by atoms with Crippen LogP contribution in [0.15, 0.2) is 18.3 Å². The van der Waals surface area contributed by atoms with Crippen molar-refractivity contribution in [2.75, 3.05) is 49.6 Å². The van der Waals surface area contributed by atoms with E-state index >= 15 is 0 Å². The second-order valence-corrected chi connectivity index (χ2v) is 7.19. The largest absolute Gasteiger partial charge is 0.378 e. The van der Waals surface area contributed by atoms with E-state index in [1.54, 1.807) is 6.20 Å². The maximum atomic E-state index is 13.0. The van der Waals surface area contributed by atoms with E-state index in [-0.39, 0.29) is 11.3 Å². The van der Waals surface area contributed by atoms with Gasteiger partial charge in [-0.25, -0.2) is 4.98 Å². The number of nitrogens with one attached hydrogen (secondary N) is 2. The van der Waals surface area contributed by atoms with Crippen LogP contribution in [0.1, 0.15) is 25.7 Å². The summed E-state index contributed by atoms with van der Waals surface area (Å²) in [6, 6.07) is 3.95. The number of nitrogens with zero attached hydrogens (tertiary/aromatic N) is 2. The summed E-state index contributed by atoms with van der Waals surface area (Å²) in [4.78, 5) is 19.7. The standard InChI is InChI=1S/C18H26N4O2/c23-17(18-6-2-1-3-14(18)11-19-13-18)21-15-4-5-16(20-12-15)22-7-9-24-10-8-22/h4-5,12,14,19H,1-3,6-11,13H2,(H,21,23)/t14-,18+/m0/s1.